The van der Waals surface area contributed by atoms with Crippen LogP contribution in [0.5, 0.6) is 5.75 Å². The van der Waals surface area contributed by atoms with Gasteiger partial charge in [0.25, 0.3) is 0 Å². The second-order valence-corrected chi connectivity index (χ2v) is 3.58. The lowest BCUT2D eigenvalue weighted by Crippen LogP contribution is -2.06. The summed E-state index contributed by atoms with van der Waals surface area (Å²) in [6.07, 6.45) is 2.74. The SMILES string of the molecule is COc1cccc([C@H](O)c2nccn2C)c1. The maximum absolute atomic E-state index is 10.1. The van der Waals surface area contributed by atoms with Gasteiger partial charge in [-0.05, 0) is 17.7 Å². The molecule has 0 fully saturated rings. The minimum Gasteiger partial charge on any atom is -0.497 e. The average molecular weight is 218 g/mol. The topological polar surface area (TPSA) is 47.3 Å². The van der Waals surface area contributed by atoms with Gasteiger partial charge in [0, 0.05) is 19.4 Å². The number of ether oxygens (including phenoxy) is 1. The van der Waals surface area contributed by atoms with Crippen molar-refractivity contribution in [2.45, 2.75) is 6.10 Å². The van der Waals surface area contributed by atoms with Gasteiger partial charge in [0.05, 0.1) is 7.11 Å². The molecule has 0 aliphatic rings. The number of nitrogens with zero attached hydrogens (tertiary/aromatic N) is 2. The Labute approximate surface area is 94.1 Å². The van der Waals surface area contributed by atoms with Crippen LogP contribution >= 0.6 is 0 Å². The molecular formula is C12H14N2O2. The zero-order valence-electron chi connectivity index (χ0n) is 9.29. The van der Waals surface area contributed by atoms with Gasteiger partial charge in [-0.1, -0.05) is 12.1 Å². The van der Waals surface area contributed by atoms with E-state index in [1.807, 2.05) is 25.2 Å². The van der Waals surface area contributed by atoms with E-state index in [1.165, 1.54) is 0 Å². The van der Waals surface area contributed by atoms with Gasteiger partial charge in [-0.15, -0.1) is 0 Å². The normalized spacial score (nSPS) is 12.4. The van der Waals surface area contributed by atoms with Crippen molar-refractivity contribution in [2.24, 2.45) is 7.05 Å². The lowest BCUT2D eigenvalue weighted by molar-refractivity contribution is 0.206. The van der Waals surface area contributed by atoms with E-state index in [9.17, 15) is 5.11 Å². The van der Waals surface area contributed by atoms with E-state index in [-0.39, 0.29) is 0 Å². The van der Waals surface area contributed by atoms with E-state index < -0.39 is 6.10 Å². The number of aromatic nitrogens is 2. The van der Waals surface area contributed by atoms with Crippen LogP contribution in [-0.2, 0) is 7.05 Å². The first-order chi connectivity index (χ1) is 7.72. The number of benzene rings is 1. The summed E-state index contributed by atoms with van der Waals surface area (Å²) in [5.74, 6) is 1.35. The van der Waals surface area contributed by atoms with Crippen LogP contribution in [0.4, 0.5) is 0 Å². The Morgan fingerprint density at radius 2 is 2.25 bits per heavy atom. The van der Waals surface area contributed by atoms with E-state index in [4.69, 9.17) is 4.74 Å². The number of aryl methyl sites for hydroxylation is 1. The van der Waals surface area contributed by atoms with E-state index in [1.54, 1.807) is 30.1 Å². The summed E-state index contributed by atoms with van der Waals surface area (Å²) in [5, 5.41) is 10.1. The summed E-state index contributed by atoms with van der Waals surface area (Å²) in [7, 11) is 3.46. The van der Waals surface area contributed by atoms with E-state index in [0.717, 1.165) is 11.3 Å². The molecular weight excluding hydrogens is 204 g/mol. The molecule has 0 bridgehead atoms. The van der Waals surface area contributed by atoms with Crippen LogP contribution in [-0.4, -0.2) is 21.8 Å². The number of aliphatic hydroxyl groups is 1. The second-order valence-electron chi connectivity index (χ2n) is 3.58. The highest BCUT2D eigenvalue weighted by molar-refractivity contribution is 5.32. The second kappa shape index (κ2) is 4.37. The molecule has 1 aromatic carbocycles. The third kappa shape index (κ3) is 1.92. The molecule has 0 spiro atoms. The van der Waals surface area contributed by atoms with Gasteiger partial charge in [-0.2, -0.15) is 0 Å². The highest BCUT2D eigenvalue weighted by Gasteiger charge is 2.14. The molecule has 0 radical (unpaired) electrons. The predicted octanol–water partition coefficient (Wildman–Crippen LogP) is 1.51. The van der Waals surface area contributed by atoms with Gasteiger partial charge in [0.2, 0.25) is 0 Å². The van der Waals surface area contributed by atoms with E-state index in [0.29, 0.717) is 5.82 Å². The first-order valence-corrected chi connectivity index (χ1v) is 5.01. The summed E-state index contributed by atoms with van der Waals surface area (Å²) in [5.41, 5.74) is 0.772. The number of hydrogen-bond acceptors (Lipinski definition) is 3. The van der Waals surface area contributed by atoms with Crippen LogP contribution in [0.25, 0.3) is 0 Å². The van der Waals surface area contributed by atoms with Gasteiger partial charge in [-0.3, -0.25) is 0 Å². The molecule has 2 rings (SSSR count). The van der Waals surface area contributed by atoms with Gasteiger partial charge in [0.15, 0.2) is 0 Å². The minimum atomic E-state index is -0.727. The van der Waals surface area contributed by atoms with E-state index >= 15 is 0 Å². The Bertz CT molecular complexity index is 479. The molecule has 1 heterocycles. The molecule has 0 aliphatic heterocycles. The monoisotopic (exact) mass is 218 g/mol. The summed E-state index contributed by atoms with van der Waals surface area (Å²) in [6, 6.07) is 7.34. The molecule has 1 atom stereocenters. The molecule has 0 amide bonds. The van der Waals surface area contributed by atoms with Crippen molar-refractivity contribution in [3.05, 3.63) is 48.0 Å². The molecule has 0 unspecified atom stereocenters. The fourth-order valence-corrected chi connectivity index (χ4v) is 1.60. The van der Waals surface area contributed by atoms with Crippen LogP contribution in [0.15, 0.2) is 36.7 Å². The third-order valence-corrected chi connectivity index (χ3v) is 2.51. The van der Waals surface area contributed by atoms with Crippen LogP contribution in [0.3, 0.4) is 0 Å². The number of rotatable bonds is 3. The molecule has 84 valence electrons. The first-order valence-electron chi connectivity index (χ1n) is 5.01. The Morgan fingerprint density at radius 3 is 2.88 bits per heavy atom. The zero-order valence-corrected chi connectivity index (χ0v) is 9.29. The lowest BCUT2D eigenvalue weighted by atomic mass is 10.1. The fourth-order valence-electron chi connectivity index (χ4n) is 1.60. The molecule has 1 aromatic heterocycles. The Balaban J connectivity index is 2.33. The number of aliphatic hydroxyl groups excluding tert-OH is 1. The molecule has 2 aromatic rings. The smallest absolute Gasteiger partial charge is 0.142 e. The third-order valence-electron chi connectivity index (χ3n) is 2.51. The van der Waals surface area contributed by atoms with Gasteiger partial charge >= 0.3 is 0 Å². The number of methoxy groups -OCH3 is 1. The first kappa shape index (κ1) is 10.7. The summed E-state index contributed by atoms with van der Waals surface area (Å²) in [6.45, 7) is 0. The van der Waals surface area contributed by atoms with Crippen LogP contribution in [0.1, 0.15) is 17.5 Å². The van der Waals surface area contributed by atoms with Crippen molar-refractivity contribution >= 4 is 0 Å². The lowest BCUT2D eigenvalue weighted by Gasteiger charge is -2.11. The molecule has 0 saturated heterocycles. The van der Waals surface area contributed by atoms with Crippen molar-refractivity contribution in [1.82, 2.24) is 9.55 Å². The van der Waals surface area contributed by atoms with Crippen molar-refractivity contribution in [2.75, 3.05) is 7.11 Å². The molecule has 16 heavy (non-hydrogen) atoms. The summed E-state index contributed by atoms with van der Waals surface area (Å²) < 4.78 is 6.91. The minimum absolute atomic E-state index is 0.619. The molecule has 0 aliphatic carbocycles. The average Bonchev–Trinajstić information content (AvgIpc) is 2.74. The van der Waals surface area contributed by atoms with Crippen LogP contribution in [0, 0.1) is 0 Å². The Hall–Kier alpha value is -1.81. The maximum atomic E-state index is 10.1. The van der Waals surface area contributed by atoms with E-state index in [2.05, 4.69) is 4.98 Å². The predicted molar refractivity (Wildman–Crippen MR) is 60.3 cm³/mol. The summed E-state index contributed by atoms with van der Waals surface area (Å²) in [4.78, 5) is 4.12. The quantitative estimate of drug-likeness (QED) is 0.849. The molecule has 4 nitrogen and oxygen atoms in total. The summed E-state index contributed by atoms with van der Waals surface area (Å²) >= 11 is 0. The number of hydrogen-bond donors (Lipinski definition) is 1. The number of imidazole rings is 1. The van der Waals surface area contributed by atoms with Gasteiger partial charge < -0.3 is 14.4 Å². The Morgan fingerprint density at radius 1 is 1.44 bits per heavy atom. The molecule has 4 heteroatoms. The highest BCUT2D eigenvalue weighted by atomic mass is 16.5. The largest absolute Gasteiger partial charge is 0.497 e. The molecule has 0 saturated carbocycles. The highest BCUT2D eigenvalue weighted by Crippen LogP contribution is 2.23. The van der Waals surface area contributed by atoms with Gasteiger partial charge in [-0.25, -0.2) is 4.98 Å². The van der Waals surface area contributed by atoms with Crippen molar-refractivity contribution < 1.29 is 9.84 Å². The van der Waals surface area contributed by atoms with Crippen LogP contribution in [0.2, 0.25) is 0 Å². The van der Waals surface area contributed by atoms with Crippen LogP contribution < -0.4 is 4.74 Å². The fraction of sp³-hybridized carbons (Fsp3) is 0.250. The standard InChI is InChI=1S/C12H14N2O2/c1-14-7-6-13-12(14)11(15)9-4-3-5-10(8-9)16-2/h3-8,11,15H,1-2H3/t11-/m0/s1. The zero-order chi connectivity index (χ0) is 11.5. The van der Waals surface area contributed by atoms with Crippen molar-refractivity contribution in [3.63, 3.8) is 0 Å². The molecule has 1 N–H and O–H groups in total. The van der Waals surface area contributed by atoms with Crippen molar-refractivity contribution in [3.8, 4) is 5.75 Å². The van der Waals surface area contributed by atoms with Crippen molar-refractivity contribution in [1.29, 1.82) is 0 Å². The Kier molecular flexibility index (Phi) is 2.92. The van der Waals surface area contributed by atoms with Gasteiger partial charge in [0.1, 0.15) is 17.7 Å². The maximum Gasteiger partial charge on any atom is 0.142 e.